The fourth-order valence-corrected chi connectivity index (χ4v) is 3.07. The van der Waals surface area contributed by atoms with Crippen LogP contribution < -0.4 is 5.32 Å². The lowest BCUT2D eigenvalue weighted by atomic mass is 10.0. The molecule has 4 rings (SSSR count). The number of phenolic OH excluding ortho intramolecular Hbond substituents is 1. The number of aromatic nitrogens is 4. The fraction of sp³-hybridized carbons (Fsp3) is 0.143. The molecular weight excluding hydrogens is 414 g/mol. The third-order valence-corrected chi connectivity index (χ3v) is 4.67. The van der Waals surface area contributed by atoms with Gasteiger partial charge in [0, 0.05) is 23.3 Å². The van der Waals surface area contributed by atoms with Crippen LogP contribution in [0.1, 0.15) is 24.4 Å². The number of halogens is 4. The van der Waals surface area contributed by atoms with E-state index in [-0.39, 0.29) is 11.6 Å². The maximum atomic E-state index is 13.2. The van der Waals surface area contributed by atoms with Crippen LogP contribution in [0.2, 0.25) is 0 Å². The summed E-state index contributed by atoms with van der Waals surface area (Å²) in [4.78, 5) is 15.0. The van der Waals surface area contributed by atoms with Gasteiger partial charge in [-0.05, 0) is 42.3 Å². The second-order valence-electron chi connectivity index (χ2n) is 6.82. The van der Waals surface area contributed by atoms with Crippen LogP contribution in [0.4, 0.5) is 23.4 Å². The van der Waals surface area contributed by atoms with Gasteiger partial charge in [-0.2, -0.15) is 13.2 Å². The normalized spacial score (nSPS) is 12.7. The molecule has 6 nitrogen and oxygen atoms in total. The second-order valence-corrected chi connectivity index (χ2v) is 6.82. The number of alkyl halides is 3. The zero-order valence-electron chi connectivity index (χ0n) is 16.0. The summed E-state index contributed by atoms with van der Waals surface area (Å²) in [6, 6.07) is 8.54. The lowest BCUT2D eigenvalue weighted by Gasteiger charge is -2.17. The summed E-state index contributed by atoms with van der Waals surface area (Å²) in [6.45, 7) is 1.71. The Bertz CT molecular complexity index is 1230. The van der Waals surface area contributed by atoms with Gasteiger partial charge in [-0.1, -0.05) is 12.1 Å². The number of nitrogens with zero attached hydrogens (tertiary/aromatic N) is 4. The number of fused-ring (bicyclic) bond motifs is 1. The smallest absolute Gasteiger partial charge is 0.451 e. The molecule has 2 aromatic heterocycles. The Kier molecular flexibility index (Phi) is 5.14. The Labute approximate surface area is 173 Å². The molecule has 0 spiro atoms. The first kappa shape index (κ1) is 20.5. The monoisotopic (exact) mass is 429 g/mol. The summed E-state index contributed by atoms with van der Waals surface area (Å²) in [7, 11) is 0. The van der Waals surface area contributed by atoms with Crippen molar-refractivity contribution in [2.75, 3.05) is 5.32 Å². The predicted molar refractivity (Wildman–Crippen MR) is 106 cm³/mol. The van der Waals surface area contributed by atoms with Crippen LogP contribution in [0, 0.1) is 5.82 Å². The number of hydrogen-bond donors (Lipinski definition) is 2. The van der Waals surface area contributed by atoms with Gasteiger partial charge in [-0.25, -0.2) is 24.3 Å². The first-order chi connectivity index (χ1) is 14.7. The summed E-state index contributed by atoms with van der Waals surface area (Å²) < 4.78 is 51.3. The van der Waals surface area contributed by atoms with Crippen molar-refractivity contribution in [2.24, 2.45) is 0 Å². The predicted octanol–water partition coefficient (Wildman–Crippen LogP) is 5.12. The molecule has 0 saturated carbocycles. The number of rotatable bonds is 4. The molecule has 2 aromatic carbocycles. The molecule has 0 unspecified atom stereocenters. The molecule has 0 aliphatic carbocycles. The van der Waals surface area contributed by atoms with Crippen LogP contribution in [-0.4, -0.2) is 25.0 Å². The van der Waals surface area contributed by atoms with Crippen LogP contribution in [0.3, 0.4) is 0 Å². The van der Waals surface area contributed by atoms with Gasteiger partial charge in [-0.3, -0.25) is 0 Å². The molecule has 0 fully saturated rings. The fourth-order valence-electron chi connectivity index (χ4n) is 3.07. The van der Waals surface area contributed by atoms with Crippen LogP contribution in [0.5, 0.6) is 5.75 Å². The lowest BCUT2D eigenvalue weighted by Crippen LogP contribution is -2.14. The Morgan fingerprint density at radius 1 is 0.935 bits per heavy atom. The average Bonchev–Trinajstić information content (AvgIpc) is 2.74. The van der Waals surface area contributed by atoms with Gasteiger partial charge < -0.3 is 10.4 Å². The number of benzene rings is 2. The van der Waals surface area contributed by atoms with Crippen molar-refractivity contribution in [3.05, 3.63) is 72.3 Å². The molecule has 0 bridgehead atoms. The Balaban J connectivity index is 1.69. The van der Waals surface area contributed by atoms with E-state index in [1.807, 2.05) is 0 Å². The van der Waals surface area contributed by atoms with E-state index in [0.717, 1.165) is 12.4 Å². The molecule has 10 heteroatoms. The molecular formula is C21H15F4N5O. The van der Waals surface area contributed by atoms with Crippen molar-refractivity contribution in [3.63, 3.8) is 0 Å². The molecule has 2 heterocycles. The van der Waals surface area contributed by atoms with E-state index in [1.165, 1.54) is 24.5 Å². The highest BCUT2D eigenvalue weighted by Gasteiger charge is 2.34. The summed E-state index contributed by atoms with van der Waals surface area (Å²) in [5, 5.41) is 14.0. The molecule has 0 radical (unpaired) electrons. The third-order valence-electron chi connectivity index (χ3n) is 4.67. The van der Waals surface area contributed by atoms with Gasteiger partial charge in [0.2, 0.25) is 5.82 Å². The zero-order chi connectivity index (χ0) is 22.2. The maximum Gasteiger partial charge on any atom is 0.451 e. The minimum absolute atomic E-state index is 0.0900. The molecule has 0 amide bonds. The van der Waals surface area contributed by atoms with Crippen molar-refractivity contribution in [1.29, 1.82) is 0 Å². The highest BCUT2D eigenvalue weighted by Crippen LogP contribution is 2.34. The Hall–Kier alpha value is -3.82. The van der Waals surface area contributed by atoms with Gasteiger partial charge in [0.1, 0.15) is 29.2 Å². The summed E-state index contributed by atoms with van der Waals surface area (Å²) in [5.74, 6) is -1.33. The highest BCUT2D eigenvalue weighted by molar-refractivity contribution is 5.96. The van der Waals surface area contributed by atoms with Gasteiger partial charge in [0.05, 0.1) is 6.04 Å². The van der Waals surface area contributed by atoms with E-state index in [2.05, 4.69) is 25.3 Å². The summed E-state index contributed by atoms with van der Waals surface area (Å²) >= 11 is 0. The summed E-state index contributed by atoms with van der Waals surface area (Å²) in [6.07, 6.45) is -1.17. The van der Waals surface area contributed by atoms with Crippen LogP contribution in [0.15, 0.2) is 55.1 Å². The molecule has 158 valence electrons. The third kappa shape index (κ3) is 4.23. The minimum Gasteiger partial charge on any atom is -0.506 e. The van der Waals surface area contributed by atoms with E-state index < -0.39 is 18.0 Å². The van der Waals surface area contributed by atoms with Crippen molar-refractivity contribution in [1.82, 2.24) is 19.9 Å². The van der Waals surface area contributed by atoms with E-state index in [0.29, 0.717) is 33.4 Å². The largest absolute Gasteiger partial charge is 0.506 e. The molecule has 4 aromatic rings. The number of nitrogens with one attached hydrogen (secondary N) is 1. The van der Waals surface area contributed by atoms with E-state index in [4.69, 9.17) is 0 Å². The maximum absolute atomic E-state index is 13.2. The van der Waals surface area contributed by atoms with Crippen LogP contribution >= 0.6 is 0 Å². The first-order valence-electron chi connectivity index (χ1n) is 9.11. The number of phenols is 1. The van der Waals surface area contributed by atoms with Crippen molar-refractivity contribution in [2.45, 2.75) is 19.1 Å². The summed E-state index contributed by atoms with van der Waals surface area (Å²) in [5.41, 5.74) is 2.00. The number of anilines is 1. The quantitative estimate of drug-likeness (QED) is 0.438. The molecule has 0 aliphatic heterocycles. The standard InChI is InChI=1S/C21H15F4N5O/c1-11(14-8-26-20(27-9-14)21(23,24)25)30-19-16-6-13(12-2-4-15(22)5-3-12)7-17(31)18(16)28-10-29-19/h2-11,31H,1H3,(H,28,29,30)/t11-/m1/s1. The van der Waals surface area contributed by atoms with E-state index in [1.54, 1.807) is 25.1 Å². The van der Waals surface area contributed by atoms with Gasteiger partial charge in [0.25, 0.3) is 0 Å². The lowest BCUT2D eigenvalue weighted by molar-refractivity contribution is -0.145. The van der Waals surface area contributed by atoms with Crippen molar-refractivity contribution < 1.29 is 22.7 Å². The Morgan fingerprint density at radius 2 is 1.61 bits per heavy atom. The molecule has 0 aliphatic rings. The van der Waals surface area contributed by atoms with Crippen LogP contribution in [0.25, 0.3) is 22.0 Å². The molecule has 2 N–H and O–H groups in total. The van der Waals surface area contributed by atoms with E-state index in [9.17, 15) is 22.7 Å². The zero-order valence-corrected chi connectivity index (χ0v) is 16.0. The molecule has 0 saturated heterocycles. The van der Waals surface area contributed by atoms with Crippen LogP contribution in [-0.2, 0) is 6.18 Å². The van der Waals surface area contributed by atoms with E-state index >= 15 is 0 Å². The number of hydrogen-bond acceptors (Lipinski definition) is 6. The van der Waals surface area contributed by atoms with Crippen molar-refractivity contribution >= 4 is 16.7 Å². The van der Waals surface area contributed by atoms with Gasteiger partial charge >= 0.3 is 6.18 Å². The first-order valence-corrected chi connectivity index (χ1v) is 9.11. The van der Waals surface area contributed by atoms with Gasteiger partial charge in [-0.15, -0.1) is 0 Å². The van der Waals surface area contributed by atoms with Crippen molar-refractivity contribution in [3.8, 4) is 16.9 Å². The SMILES string of the molecule is C[C@@H](Nc1ncnc2c(O)cc(-c3ccc(F)cc3)cc12)c1cnc(C(F)(F)F)nc1. The minimum atomic E-state index is -4.62. The number of aromatic hydroxyl groups is 1. The molecule has 31 heavy (non-hydrogen) atoms. The topological polar surface area (TPSA) is 83.8 Å². The second kappa shape index (κ2) is 7.78. The average molecular weight is 429 g/mol. The molecule has 1 atom stereocenters. The van der Waals surface area contributed by atoms with Gasteiger partial charge in [0.15, 0.2) is 0 Å². The Morgan fingerprint density at radius 3 is 2.26 bits per heavy atom. The highest BCUT2D eigenvalue weighted by atomic mass is 19.4.